The van der Waals surface area contributed by atoms with E-state index in [1.165, 1.54) is 23.0 Å². The number of anilines is 1. The molecule has 0 bridgehead atoms. The first-order valence-electron chi connectivity index (χ1n) is 12.7. The second kappa shape index (κ2) is 11.3. The largest absolute Gasteiger partial charge is 0.495 e. The Morgan fingerprint density at radius 1 is 0.919 bits per heavy atom. The van der Waals surface area contributed by atoms with Gasteiger partial charge in [-0.15, -0.1) is 0 Å². The fraction of sp³-hybridized carbons (Fsp3) is 0.500. The first-order chi connectivity index (χ1) is 17.9. The van der Waals surface area contributed by atoms with Crippen LogP contribution in [0.25, 0.3) is 0 Å². The average molecular weight is 531 g/mol. The van der Waals surface area contributed by atoms with E-state index in [-0.39, 0.29) is 29.9 Å². The summed E-state index contributed by atoms with van der Waals surface area (Å²) in [6.45, 7) is 5.58. The third-order valence-corrected chi connectivity index (χ3v) is 8.98. The molecule has 3 heterocycles. The third kappa shape index (κ3) is 6.01. The normalized spacial score (nSPS) is 19.1. The molecule has 2 fully saturated rings. The molecule has 0 spiro atoms. The number of amides is 1. The van der Waals surface area contributed by atoms with E-state index in [0.717, 1.165) is 63.5 Å². The Morgan fingerprint density at radius 2 is 1.65 bits per heavy atom. The van der Waals surface area contributed by atoms with E-state index in [9.17, 15) is 13.2 Å². The van der Waals surface area contributed by atoms with Gasteiger partial charge in [0.05, 0.1) is 13.7 Å². The zero-order valence-corrected chi connectivity index (χ0v) is 22.0. The summed E-state index contributed by atoms with van der Waals surface area (Å²) >= 11 is 0. The Kier molecular flexibility index (Phi) is 7.84. The van der Waals surface area contributed by atoms with E-state index in [1.54, 1.807) is 12.1 Å². The van der Waals surface area contributed by atoms with Gasteiger partial charge < -0.3 is 19.5 Å². The van der Waals surface area contributed by atoms with E-state index in [2.05, 4.69) is 21.2 Å². The van der Waals surface area contributed by atoms with Gasteiger partial charge in [0, 0.05) is 51.5 Å². The highest BCUT2D eigenvalue weighted by molar-refractivity contribution is 7.89. The minimum atomic E-state index is -3.70. The van der Waals surface area contributed by atoms with Crippen molar-refractivity contribution in [2.24, 2.45) is 0 Å². The SMILES string of the molecule is COc1ccc(NC(=O)CN2CCN(Cc3ccc4c(c3)OCO4)CC2)cc1S(=O)(=O)N1CCCCC1. The van der Waals surface area contributed by atoms with Crippen LogP contribution in [-0.4, -0.2) is 88.1 Å². The van der Waals surface area contributed by atoms with Gasteiger partial charge in [-0.3, -0.25) is 14.6 Å². The summed E-state index contributed by atoms with van der Waals surface area (Å²) in [7, 11) is -2.25. The number of methoxy groups -OCH3 is 1. The van der Waals surface area contributed by atoms with Gasteiger partial charge in [0.15, 0.2) is 11.5 Å². The number of nitrogens with one attached hydrogen (secondary N) is 1. The molecular formula is C26H34N4O6S. The van der Waals surface area contributed by atoms with Crippen molar-refractivity contribution in [3.63, 3.8) is 0 Å². The lowest BCUT2D eigenvalue weighted by Gasteiger charge is -2.34. The highest BCUT2D eigenvalue weighted by Crippen LogP contribution is 2.33. The molecule has 1 amide bonds. The summed E-state index contributed by atoms with van der Waals surface area (Å²) in [6.07, 6.45) is 2.73. The number of nitrogens with zero attached hydrogens (tertiary/aromatic N) is 3. The summed E-state index contributed by atoms with van der Waals surface area (Å²) in [5.74, 6) is 1.68. The number of hydrogen-bond donors (Lipinski definition) is 1. The summed E-state index contributed by atoms with van der Waals surface area (Å²) in [4.78, 5) is 17.4. The van der Waals surface area contributed by atoms with Gasteiger partial charge in [0.25, 0.3) is 0 Å². The predicted molar refractivity (Wildman–Crippen MR) is 139 cm³/mol. The molecule has 0 saturated carbocycles. The van der Waals surface area contributed by atoms with Gasteiger partial charge in [0.2, 0.25) is 22.7 Å². The van der Waals surface area contributed by atoms with Crippen molar-refractivity contribution < 1.29 is 27.4 Å². The molecule has 1 N–H and O–H groups in total. The fourth-order valence-corrected chi connectivity index (χ4v) is 6.71. The van der Waals surface area contributed by atoms with E-state index < -0.39 is 10.0 Å². The van der Waals surface area contributed by atoms with Crippen LogP contribution in [0.15, 0.2) is 41.3 Å². The van der Waals surface area contributed by atoms with Crippen molar-refractivity contribution in [1.29, 1.82) is 0 Å². The molecule has 0 unspecified atom stereocenters. The number of piperidine rings is 1. The zero-order valence-electron chi connectivity index (χ0n) is 21.1. The van der Waals surface area contributed by atoms with Crippen molar-refractivity contribution >= 4 is 21.6 Å². The molecule has 37 heavy (non-hydrogen) atoms. The van der Waals surface area contributed by atoms with Crippen molar-refractivity contribution in [2.75, 3.05) is 65.0 Å². The molecule has 3 aliphatic rings. The van der Waals surface area contributed by atoms with Gasteiger partial charge in [-0.1, -0.05) is 12.5 Å². The smallest absolute Gasteiger partial charge is 0.246 e. The summed E-state index contributed by atoms with van der Waals surface area (Å²) in [6, 6.07) is 10.8. The van der Waals surface area contributed by atoms with Crippen molar-refractivity contribution in [3.8, 4) is 17.2 Å². The van der Waals surface area contributed by atoms with E-state index >= 15 is 0 Å². The molecule has 2 aromatic carbocycles. The van der Waals surface area contributed by atoms with Crippen LogP contribution >= 0.6 is 0 Å². The van der Waals surface area contributed by atoms with Crippen LogP contribution in [0.2, 0.25) is 0 Å². The van der Waals surface area contributed by atoms with E-state index in [4.69, 9.17) is 14.2 Å². The second-order valence-corrected chi connectivity index (χ2v) is 11.5. The Bertz CT molecular complexity index is 1220. The molecule has 11 heteroatoms. The molecule has 0 radical (unpaired) electrons. The lowest BCUT2D eigenvalue weighted by molar-refractivity contribution is -0.117. The number of hydrogen-bond acceptors (Lipinski definition) is 8. The Morgan fingerprint density at radius 3 is 2.41 bits per heavy atom. The van der Waals surface area contributed by atoms with Crippen molar-refractivity contribution in [3.05, 3.63) is 42.0 Å². The summed E-state index contributed by atoms with van der Waals surface area (Å²) in [5, 5.41) is 2.87. The number of carbonyl (C=O) groups excluding carboxylic acids is 1. The molecule has 5 rings (SSSR count). The van der Waals surface area contributed by atoms with Gasteiger partial charge >= 0.3 is 0 Å². The number of sulfonamides is 1. The van der Waals surface area contributed by atoms with Gasteiger partial charge in [-0.05, 0) is 48.7 Å². The molecule has 0 aliphatic carbocycles. The summed E-state index contributed by atoms with van der Waals surface area (Å²) < 4.78 is 44.2. The predicted octanol–water partition coefficient (Wildman–Crippen LogP) is 2.35. The van der Waals surface area contributed by atoms with Crippen LogP contribution < -0.4 is 19.5 Å². The highest BCUT2D eigenvalue weighted by atomic mass is 32.2. The molecule has 10 nitrogen and oxygen atoms in total. The number of carbonyl (C=O) groups is 1. The maximum atomic E-state index is 13.2. The van der Waals surface area contributed by atoms with Crippen LogP contribution in [0.1, 0.15) is 24.8 Å². The lowest BCUT2D eigenvalue weighted by atomic mass is 10.1. The molecule has 3 aliphatic heterocycles. The minimum Gasteiger partial charge on any atom is -0.495 e. The highest BCUT2D eigenvalue weighted by Gasteiger charge is 2.29. The van der Waals surface area contributed by atoms with Gasteiger partial charge in [-0.25, -0.2) is 8.42 Å². The van der Waals surface area contributed by atoms with Crippen LogP contribution in [0.3, 0.4) is 0 Å². The maximum absolute atomic E-state index is 13.2. The Balaban J connectivity index is 1.15. The number of benzene rings is 2. The molecule has 200 valence electrons. The minimum absolute atomic E-state index is 0.0897. The zero-order chi connectivity index (χ0) is 25.8. The van der Waals surface area contributed by atoms with Crippen LogP contribution in [0.4, 0.5) is 5.69 Å². The molecule has 0 atom stereocenters. The van der Waals surface area contributed by atoms with Gasteiger partial charge in [0.1, 0.15) is 10.6 Å². The first-order valence-corrected chi connectivity index (χ1v) is 14.2. The third-order valence-electron chi connectivity index (χ3n) is 7.06. The standard InChI is InChI=1S/C26H34N4O6S/c1-34-23-8-6-21(16-25(23)37(32,33)30-9-3-2-4-10-30)27-26(31)18-29-13-11-28(12-14-29)17-20-5-7-22-24(15-20)36-19-35-22/h5-8,15-16H,2-4,9-14,17-19H2,1H3,(H,27,31). The lowest BCUT2D eigenvalue weighted by Crippen LogP contribution is -2.48. The van der Waals surface area contributed by atoms with Crippen LogP contribution in [0, 0.1) is 0 Å². The van der Waals surface area contributed by atoms with Crippen molar-refractivity contribution in [2.45, 2.75) is 30.7 Å². The quantitative estimate of drug-likeness (QED) is 0.555. The average Bonchev–Trinajstić information content (AvgIpc) is 3.38. The van der Waals surface area contributed by atoms with E-state index in [0.29, 0.717) is 18.8 Å². The monoisotopic (exact) mass is 530 g/mol. The number of fused-ring (bicyclic) bond motifs is 1. The Hall–Kier alpha value is -2.86. The number of piperazine rings is 1. The Labute approximate surface area is 218 Å². The fourth-order valence-electron chi connectivity index (χ4n) is 5.01. The van der Waals surface area contributed by atoms with Crippen LogP contribution in [-0.2, 0) is 21.4 Å². The van der Waals surface area contributed by atoms with Crippen molar-refractivity contribution in [1.82, 2.24) is 14.1 Å². The topological polar surface area (TPSA) is 101 Å². The maximum Gasteiger partial charge on any atom is 0.246 e. The first kappa shape index (κ1) is 25.8. The summed E-state index contributed by atoms with van der Waals surface area (Å²) in [5.41, 5.74) is 1.62. The number of rotatable bonds is 8. The number of ether oxygens (including phenoxy) is 3. The second-order valence-electron chi connectivity index (χ2n) is 9.62. The van der Waals surface area contributed by atoms with Crippen LogP contribution in [0.5, 0.6) is 17.2 Å². The van der Waals surface area contributed by atoms with Gasteiger partial charge in [-0.2, -0.15) is 4.31 Å². The molecule has 0 aromatic heterocycles. The molecule has 2 aromatic rings. The molecule has 2 saturated heterocycles. The van der Waals surface area contributed by atoms with E-state index in [1.807, 2.05) is 12.1 Å². The molecular weight excluding hydrogens is 496 g/mol.